The highest BCUT2D eigenvalue weighted by Crippen LogP contribution is 2.25. The van der Waals surface area contributed by atoms with Crippen LogP contribution in [0, 0.1) is 11.8 Å². The molecule has 3 heterocycles. The first kappa shape index (κ1) is 18.7. The molecule has 0 bridgehead atoms. The van der Waals surface area contributed by atoms with Gasteiger partial charge in [0.25, 0.3) is 5.91 Å². The van der Waals surface area contributed by atoms with Crippen LogP contribution in [0.2, 0.25) is 0 Å². The van der Waals surface area contributed by atoms with Gasteiger partial charge in [0.15, 0.2) is 0 Å². The Hall–Kier alpha value is -2.70. The average Bonchev–Trinajstić information content (AvgIpc) is 3.21. The fraction of sp³-hybridized carbons (Fsp3) is 0.400. The summed E-state index contributed by atoms with van der Waals surface area (Å²) in [5.41, 5.74) is 7.91. The van der Waals surface area contributed by atoms with Crippen LogP contribution in [0.15, 0.2) is 24.3 Å². The lowest BCUT2D eigenvalue weighted by Crippen LogP contribution is -2.37. The van der Waals surface area contributed by atoms with E-state index in [9.17, 15) is 15.0 Å². The second-order valence-electron chi connectivity index (χ2n) is 7.23. The number of aliphatic hydroxyl groups excluding tert-OH is 1. The van der Waals surface area contributed by atoms with E-state index in [0.717, 1.165) is 29.9 Å². The highest BCUT2D eigenvalue weighted by atomic mass is 16.3. The second kappa shape index (κ2) is 7.04. The number of nitrogens with two attached hydrogens (primary N) is 1. The predicted octanol–water partition coefficient (Wildman–Crippen LogP) is -0.588. The Bertz CT molecular complexity index is 987. The first-order chi connectivity index (χ1) is 13.4. The van der Waals surface area contributed by atoms with Gasteiger partial charge in [-0.3, -0.25) is 4.79 Å². The van der Waals surface area contributed by atoms with Crippen LogP contribution in [-0.2, 0) is 17.8 Å². The Labute approximate surface area is 162 Å². The quantitative estimate of drug-likeness (QED) is 0.408. The van der Waals surface area contributed by atoms with E-state index in [2.05, 4.69) is 22.3 Å². The van der Waals surface area contributed by atoms with E-state index >= 15 is 0 Å². The third-order valence-electron chi connectivity index (χ3n) is 5.26. The van der Waals surface area contributed by atoms with Gasteiger partial charge >= 0.3 is 0 Å². The molecule has 2 aromatic rings. The fourth-order valence-electron chi connectivity index (χ4n) is 3.69. The number of amides is 1. The van der Waals surface area contributed by atoms with Crippen molar-refractivity contribution >= 4 is 5.91 Å². The molecule has 4 rings (SSSR count). The van der Waals surface area contributed by atoms with Crippen molar-refractivity contribution in [1.29, 1.82) is 0 Å². The van der Waals surface area contributed by atoms with Gasteiger partial charge in [0.05, 0.1) is 11.4 Å². The SMILES string of the molecule is CN1CC[C@@](O)(C#Cc2cccc(-n3nc(C(N)O)c4c3CCNC4)c2)C1=O. The van der Waals surface area contributed by atoms with Crippen molar-refractivity contribution in [3.05, 3.63) is 46.8 Å². The van der Waals surface area contributed by atoms with Gasteiger partial charge in [0.2, 0.25) is 5.60 Å². The number of hydrogen-bond acceptors (Lipinski definition) is 6. The number of benzene rings is 1. The summed E-state index contributed by atoms with van der Waals surface area (Å²) >= 11 is 0. The Balaban J connectivity index is 1.70. The average molecular weight is 381 g/mol. The number of hydrogen-bond donors (Lipinski definition) is 4. The molecule has 0 spiro atoms. The Morgan fingerprint density at radius 1 is 1.43 bits per heavy atom. The Kier molecular flexibility index (Phi) is 4.69. The fourth-order valence-corrected chi connectivity index (χ4v) is 3.69. The van der Waals surface area contributed by atoms with Gasteiger partial charge in [-0.15, -0.1) is 0 Å². The number of nitrogens with zero attached hydrogens (tertiary/aromatic N) is 3. The first-order valence-electron chi connectivity index (χ1n) is 9.25. The molecule has 146 valence electrons. The predicted molar refractivity (Wildman–Crippen MR) is 102 cm³/mol. The number of likely N-dealkylation sites (tertiary alicyclic amines) is 1. The van der Waals surface area contributed by atoms with Crippen molar-refractivity contribution in [2.24, 2.45) is 5.73 Å². The number of likely N-dealkylation sites (N-methyl/N-ethyl adjacent to an activating group) is 1. The lowest BCUT2D eigenvalue weighted by molar-refractivity contribution is -0.137. The summed E-state index contributed by atoms with van der Waals surface area (Å²) in [4.78, 5) is 13.6. The van der Waals surface area contributed by atoms with Crippen molar-refractivity contribution in [2.75, 3.05) is 20.1 Å². The van der Waals surface area contributed by atoms with Crippen LogP contribution in [0.4, 0.5) is 0 Å². The third kappa shape index (κ3) is 3.19. The molecule has 2 aliphatic rings. The van der Waals surface area contributed by atoms with Gasteiger partial charge in [-0.1, -0.05) is 17.9 Å². The minimum Gasteiger partial charge on any atom is -0.373 e. The summed E-state index contributed by atoms with van der Waals surface area (Å²) < 4.78 is 1.79. The molecule has 2 aliphatic heterocycles. The molecule has 28 heavy (non-hydrogen) atoms. The Morgan fingerprint density at radius 2 is 2.25 bits per heavy atom. The molecule has 0 aliphatic carbocycles. The number of aromatic nitrogens is 2. The van der Waals surface area contributed by atoms with Crippen molar-refractivity contribution in [3.8, 4) is 17.5 Å². The zero-order valence-corrected chi connectivity index (χ0v) is 15.6. The van der Waals surface area contributed by atoms with Crippen LogP contribution in [0.1, 0.15) is 35.2 Å². The number of rotatable bonds is 2. The summed E-state index contributed by atoms with van der Waals surface area (Å²) in [5.74, 6) is 5.29. The highest BCUT2D eigenvalue weighted by Gasteiger charge is 2.42. The van der Waals surface area contributed by atoms with Crippen molar-refractivity contribution in [3.63, 3.8) is 0 Å². The molecule has 0 radical (unpaired) electrons. The van der Waals surface area contributed by atoms with Gasteiger partial charge in [-0.2, -0.15) is 5.10 Å². The first-order valence-corrected chi connectivity index (χ1v) is 9.25. The molecule has 2 atom stereocenters. The summed E-state index contributed by atoms with van der Waals surface area (Å²) in [6.45, 7) is 1.92. The molecular formula is C20H23N5O3. The van der Waals surface area contributed by atoms with Crippen molar-refractivity contribution in [1.82, 2.24) is 20.0 Å². The van der Waals surface area contributed by atoms with Gasteiger partial charge in [-0.25, -0.2) is 4.68 Å². The highest BCUT2D eigenvalue weighted by molar-refractivity contribution is 5.90. The Morgan fingerprint density at radius 3 is 2.96 bits per heavy atom. The van der Waals surface area contributed by atoms with Crippen LogP contribution in [-0.4, -0.2) is 56.5 Å². The molecule has 1 amide bonds. The molecule has 1 aromatic heterocycles. The summed E-state index contributed by atoms with van der Waals surface area (Å²) in [6.07, 6.45) is -0.0738. The van der Waals surface area contributed by atoms with E-state index in [1.807, 2.05) is 24.3 Å². The lowest BCUT2D eigenvalue weighted by atomic mass is 10.0. The van der Waals surface area contributed by atoms with Gasteiger partial charge < -0.3 is 26.2 Å². The van der Waals surface area contributed by atoms with E-state index in [1.165, 1.54) is 4.90 Å². The van der Waals surface area contributed by atoms with Crippen LogP contribution in [0.25, 0.3) is 5.69 Å². The monoisotopic (exact) mass is 381 g/mol. The van der Waals surface area contributed by atoms with E-state index in [4.69, 9.17) is 5.73 Å². The zero-order chi connectivity index (χ0) is 19.9. The van der Waals surface area contributed by atoms with E-state index in [0.29, 0.717) is 30.8 Å². The zero-order valence-electron chi connectivity index (χ0n) is 15.6. The van der Waals surface area contributed by atoms with E-state index in [1.54, 1.807) is 11.7 Å². The molecule has 1 aromatic carbocycles. The third-order valence-corrected chi connectivity index (χ3v) is 5.26. The number of carbonyl (C=O) groups excluding carboxylic acids is 1. The number of nitrogens with one attached hydrogen (secondary N) is 1. The maximum Gasteiger partial charge on any atom is 0.267 e. The number of fused-ring (bicyclic) bond motifs is 1. The van der Waals surface area contributed by atoms with Crippen molar-refractivity contribution < 1.29 is 15.0 Å². The lowest BCUT2D eigenvalue weighted by Gasteiger charge is -2.16. The summed E-state index contributed by atoms with van der Waals surface area (Å²) in [7, 11) is 1.65. The summed E-state index contributed by atoms with van der Waals surface area (Å²) in [6, 6.07) is 7.41. The maximum absolute atomic E-state index is 12.1. The molecule has 1 unspecified atom stereocenters. The van der Waals surface area contributed by atoms with E-state index < -0.39 is 11.8 Å². The van der Waals surface area contributed by atoms with Crippen LogP contribution in [0.5, 0.6) is 0 Å². The normalized spacial score (nSPS) is 22.6. The minimum atomic E-state index is -1.63. The molecule has 1 saturated heterocycles. The van der Waals surface area contributed by atoms with E-state index in [-0.39, 0.29) is 5.91 Å². The standard InChI is InChI=1S/C20H23N5O3/c1-24-10-8-20(28,19(24)27)7-5-13-3-2-4-14(11-13)25-16-6-9-22-12-15(16)17(23-25)18(21)26/h2-4,11,18,22,26,28H,6,8-10,12,21H2,1H3/t18?,20-/m0/s1. The number of aliphatic hydroxyl groups is 2. The van der Waals surface area contributed by atoms with Crippen molar-refractivity contribution in [2.45, 2.75) is 31.2 Å². The topological polar surface area (TPSA) is 117 Å². The largest absolute Gasteiger partial charge is 0.373 e. The molecule has 8 nitrogen and oxygen atoms in total. The minimum absolute atomic E-state index is 0.298. The van der Waals surface area contributed by atoms with Crippen LogP contribution in [0.3, 0.4) is 0 Å². The molecular weight excluding hydrogens is 358 g/mol. The second-order valence-corrected chi connectivity index (χ2v) is 7.23. The van der Waals surface area contributed by atoms with Gasteiger partial charge in [-0.05, 0) is 18.2 Å². The van der Waals surface area contributed by atoms with Gasteiger partial charge in [0.1, 0.15) is 11.9 Å². The molecule has 0 saturated carbocycles. The molecule has 8 heteroatoms. The van der Waals surface area contributed by atoms with Crippen LogP contribution < -0.4 is 11.1 Å². The number of carbonyl (C=O) groups is 1. The van der Waals surface area contributed by atoms with Crippen LogP contribution >= 0.6 is 0 Å². The molecule has 5 N–H and O–H groups in total. The molecule has 1 fully saturated rings. The maximum atomic E-state index is 12.1. The summed E-state index contributed by atoms with van der Waals surface area (Å²) in [5, 5.41) is 28.1. The smallest absolute Gasteiger partial charge is 0.267 e. The van der Waals surface area contributed by atoms with Gasteiger partial charge in [0, 0.05) is 50.7 Å².